The summed E-state index contributed by atoms with van der Waals surface area (Å²) in [6.07, 6.45) is 2.59. The van der Waals surface area contributed by atoms with E-state index in [-0.39, 0.29) is 18.2 Å². The molecule has 1 aliphatic carbocycles. The molecule has 2 amide bonds. The molecule has 2 rings (SSSR count). The van der Waals surface area contributed by atoms with E-state index in [9.17, 15) is 9.59 Å². The van der Waals surface area contributed by atoms with Crippen LogP contribution in [0.25, 0.3) is 0 Å². The number of carbonyl (C=O) groups is 2. The third-order valence-electron chi connectivity index (χ3n) is 3.61. The van der Waals surface area contributed by atoms with Crippen LogP contribution in [0, 0.1) is 0 Å². The molecule has 21 heavy (non-hydrogen) atoms. The van der Waals surface area contributed by atoms with Crippen LogP contribution in [-0.2, 0) is 16.0 Å². The second kappa shape index (κ2) is 7.08. The number of hydrogen-bond acceptors (Lipinski definition) is 4. The molecule has 0 unspecified atom stereocenters. The Morgan fingerprint density at radius 1 is 1.24 bits per heavy atom. The first-order chi connectivity index (χ1) is 10.1. The molecular formula is C15H20N2O4. The fourth-order valence-electron chi connectivity index (χ4n) is 2.45. The highest BCUT2D eigenvalue weighted by Crippen LogP contribution is 2.25. The Morgan fingerprint density at radius 3 is 2.52 bits per heavy atom. The largest absolute Gasteiger partial charge is 0.456 e. The van der Waals surface area contributed by atoms with Crippen LogP contribution in [0.15, 0.2) is 24.3 Å². The number of nitrogens with one attached hydrogen (secondary N) is 1. The van der Waals surface area contributed by atoms with Crippen LogP contribution < -0.4 is 11.1 Å². The van der Waals surface area contributed by atoms with Gasteiger partial charge >= 0.3 is 12.0 Å². The molecule has 0 spiro atoms. The Hall–Kier alpha value is -2.08. The van der Waals surface area contributed by atoms with E-state index in [1.54, 1.807) is 31.4 Å². The van der Waals surface area contributed by atoms with E-state index in [2.05, 4.69) is 5.32 Å². The third-order valence-corrected chi connectivity index (χ3v) is 3.61. The van der Waals surface area contributed by atoms with E-state index in [4.69, 9.17) is 15.2 Å². The van der Waals surface area contributed by atoms with Gasteiger partial charge in [0.15, 0.2) is 0 Å². The van der Waals surface area contributed by atoms with Crippen LogP contribution in [0.2, 0.25) is 0 Å². The van der Waals surface area contributed by atoms with Crippen LogP contribution in [-0.4, -0.2) is 31.3 Å². The highest BCUT2D eigenvalue weighted by Gasteiger charge is 2.30. The van der Waals surface area contributed by atoms with Crippen molar-refractivity contribution in [1.82, 2.24) is 5.32 Å². The number of urea groups is 1. The van der Waals surface area contributed by atoms with E-state index in [1.807, 2.05) is 0 Å². The molecule has 0 aliphatic heterocycles. The molecule has 6 heteroatoms. The van der Waals surface area contributed by atoms with Crippen LogP contribution in [0.1, 0.15) is 35.2 Å². The molecular weight excluding hydrogens is 272 g/mol. The molecule has 6 nitrogen and oxygen atoms in total. The van der Waals surface area contributed by atoms with Crippen molar-refractivity contribution < 1.29 is 19.1 Å². The van der Waals surface area contributed by atoms with Gasteiger partial charge in [-0.3, -0.25) is 0 Å². The average molecular weight is 292 g/mol. The normalized spacial score (nSPS) is 21.0. The van der Waals surface area contributed by atoms with Crippen molar-refractivity contribution in [2.45, 2.75) is 38.0 Å². The minimum atomic E-state index is -0.578. The van der Waals surface area contributed by atoms with Crippen molar-refractivity contribution in [3.63, 3.8) is 0 Å². The highest BCUT2D eigenvalue weighted by atomic mass is 16.6. The van der Waals surface area contributed by atoms with E-state index in [0.717, 1.165) is 24.8 Å². The average Bonchev–Trinajstić information content (AvgIpc) is 2.92. The predicted octanol–water partition coefficient (Wildman–Crippen LogP) is 1.58. The van der Waals surface area contributed by atoms with Crippen LogP contribution in [0.5, 0.6) is 0 Å². The van der Waals surface area contributed by atoms with Gasteiger partial charge in [0.05, 0.1) is 11.7 Å². The minimum absolute atomic E-state index is 0.00649. The quantitative estimate of drug-likeness (QED) is 0.806. The summed E-state index contributed by atoms with van der Waals surface area (Å²) in [5.74, 6) is -0.349. The Balaban J connectivity index is 1.92. The first kappa shape index (κ1) is 15.3. The van der Waals surface area contributed by atoms with Crippen molar-refractivity contribution in [1.29, 1.82) is 0 Å². The molecule has 1 aromatic rings. The molecule has 1 saturated carbocycles. The summed E-state index contributed by atoms with van der Waals surface area (Å²) >= 11 is 0. The molecule has 3 N–H and O–H groups in total. The number of hydrogen-bond donors (Lipinski definition) is 2. The summed E-state index contributed by atoms with van der Waals surface area (Å²) in [6.45, 7) is 0.332. The SMILES string of the molecule is CO[C@@H]1CCC[C@H]1OC(=O)c1ccc(CNC(N)=O)cc1. The molecule has 1 aromatic carbocycles. The van der Waals surface area contributed by atoms with Crippen molar-refractivity contribution in [2.24, 2.45) is 5.73 Å². The number of ether oxygens (including phenoxy) is 2. The maximum absolute atomic E-state index is 12.1. The molecule has 1 aliphatic rings. The van der Waals surface area contributed by atoms with E-state index in [1.165, 1.54) is 0 Å². The molecule has 114 valence electrons. The summed E-state index contributed by atoms with van der Waals surface area (Å²) in [6, 6.07) is 6.29. The van der Waals surface area contributed by atoms with Gasteiger partial charge in [0.1, 0.15) is 6.10 Å². The number of carbonyl (C=O) groups excluding carboxylic acids is 2. The fourth-order valence-corrected chi connectivity index (χ4v) is 2.45. The standard InChI is InChI=1S/C15H20N2O4/c1-20-12-3-2-4-13(12)21-14(18)11-7-5-10(6-8-11)9-17-15(16)19/h5-8,12-13H,2-4,9H2,1H3,(H3,16,17,19)/t12-,13-/m1/s1. The second-order valence-corrected chi connectivity index (χ2v) is 5.06. The Kier molecular flexibility index (Phi) is 5.16. The lowest BCUT2D eigenvalue weighted by Gasteiger charge is -2.18. The van der Waals surface area contributed by atoms with E-state index >= 15 is 0 Å². The molecule has 0 heterocycles. The lowest BCUT2D eigenvalue weighted by atomic mass is 10.1. The summed E-state index contributed by atoms with van der Waals surface area (Å²) in [5, 5.41) is 2.49. The fraction of sp³-hybridized carbons (Fsp3) is 0.467. The van der Waals surface area contributed by atoms with Gasteiger partial charge < -0.3 is 20.5 Å². The van der Waals surface area contributed by atoms with Gasteiger partial charge in [0, 0.05) is 13.7 Å². The molecule has 0 radical (unpaired) electrons. The zero-order valence-electron chi connectivity index (χ0n) is 12.0. The van der Waals surface area contributed by atoms with Gasteiger partial charge in [-0.2, -0.15) is 0 Å². The maximum atomic E-state index is 12.1. The number of amides is 2. The minimum Gasteiger partial charge on any atom is -0.456 e. The van der Waals surface area contributed by atoms with Gasteiger partial charge in [-0.05, 0) is 37.0 Å². The Labute approximate surface area is 123 Å². The van der Waals surface area contributed by atoms with Gasteiger partial charge in [0.25, 0.3) is 0 Å². The number of primary amides is 1. The van der Waals surface area contributed by atoms with Gasteiger partial charge in [-0.15, -0.1) is 0 Å². The van der Waals surface area contributed by atoms with Crippen LogP contribution in [0.4, 0.5) is 4.79 Å². The van der Waals surface area contributed by atoms with Crippen LogP contribution in [0.3, 0.4) is 0 Å². The highest BCUT2D eigenvalue weighted by molar-refractivity contribution is 5.89. The van der Waals surface area contributed by atoms with Gasteiger partial charge in [-0.1, -0.05) is 12.1 Å². The molecule has 1 fully saturated rings. The smallest absolute Gasteiger partial charge is 0.338 e. The maximum Gasteiger partial charge on any atom is 0.338 e. The van der Waals surface area contributed by atoms with Crippen molar-refractivity contribution in [3.8, 4) is 0 Å². The first-order valence-electron chi connectivity index (χ1n) is 6.96. The number of benzene rings is 1. The van der Waals surface area contributed by atoms with Crippen molar-refractivity contribution in [3.05, 3.63) is 35.4 Å². The van der Waals surface area contributed by atoms with Gasteiger partial charge in [-0.25, -0.2) is 9.59 Å². The predicted molar refractivity (Wildman–Crippen MR) is 76.7 cm³/mol. The number of rotatable bonds is 5. The second-order valence-electron chi connectivity index (χ2n) is 5.06. The third kappa shape index (κ3) is 4.19. The van der Waals surface area contributed by atoms with Crippen molar-refractivity contribution >= 4 is 12.0 Å². The summed E-state index contributed by atoms with van der Waals surface area (Å²) in [7, 11) is 1.64. The number of nitrogens with two attached hydrogens (primary N) is 1. The van der Waals surface area contributed by atoms with Crippen LogP contribution >= 0.6 is 0 Å². The Morgan fingerprint density at radius 2 is 1.90 bits per heavy atom. The zero-order valence-corrected chi connectivity index (χ0v) is 12.0. The summed E-state index contributed by atoms with van der Waals surface area (Å²) in [4.78, 5) is 22.7. The van der Waals surface area contributed by atoms with Crippen molar-refractivity contribution in [2.75, 3.05) is 7.11 Å². The van der Waals surface area contributed by atoms with Gasteiger partial charge in [0.2, 0.25) is 0 Å². The lowest BCUT2D eigenvalue weighted by Crippen LogP contribution is -2.28. The monoisotopic (exact) mass is 292 g/mol. The molecule has 0 saturated heterocycles. The topological polar surface area (TPSA) is 90.7 Å². The Bertz CT molecular complexity index is 501. The summed E-state index contributed by atoms with van der Waals surface area (Å²) < 4.78 is 10.8. The first-order valence-corrected chi connectivity index (χ1v) is 6.96. The van der Waals surface area contributed by atoms with E-state index < -0.39 is 6.03 Å². The summed E-state index contributed by atoms with van der Waals surface area (Å²) in [5.41, 5.74) is 6.35. The number of esters is 1. The number of methoxy groups -OCH3 is 1. The molecule has 2 atom stereocenters. The lowest BCUT2D eigenvalue weighted by molar-refractivity contribution is -0.0206. The van der Waals surface area contributed by atoms with E-state index in [0.29, 0.717) is 12.1 Å². The molecule has 0 aromatic heterocycles. The zero-order chi connectivity index (χ0) is 15.2. The molecule has 0 bridgehead atoms.